The maximum Gasteiger partial charge on any atom is 0.0312 e. The third-order valence-electron chi connectivity index (χ3n) is 1.68. The number of alkyl halides is 1. The van der Waals surface area contributed by atoms with Crippen LogP contribution in [-0.4, -0.2) is 17.9 Å². The van der Waals surface area contributed by atoms with Gasteiger partial charge in [-0.2, -0.15) is 11.8 Å². The zero-order valence-corrected chi connectivity index (χ0v) is 8.26. The summed E-state index contributed by atoms with van der Waals surface area (Å²) in [5, 5.41) is 0. The van der Waals surface area contributed by atoms with E-state index >= 15 is 0 Å². The van der Waals surface area contributed by atoms with E-state index in [2.05, 4.69) is 19.8 Å². The Kier molecular flexibility index (Phi) is 5.28. The Hall–Kier alpha value is 0.380. The molecule has 2 heteroatoms. The predicted octanol–water partition coefficient (Wildman–Crippen LogP) is 3.17. The molecule has 0 saturated carbocycles. The summed E-state index contributed by atoms with van der Waals surface area (Å²) in [6.45, 7) is 5.90. The highest BCUT2D eigenvalue weighted by Crippen LogP contribution is 2.25. The van der Waals surface area contributed by atoms with E-state index in [0.29, 0.717) is 5.88 Å². The lowest BCUT2D eigenvalue weighted by molar-refractivity contribution is 0.475. The second-order valence-electron chi connectivity index (χ2n) is 2.73. The van der Waals surface area contributed by atoms with Crippen LogP contribution in [0, 0.1) is 5.41 Å². The lowest BCUT2D eigenvalue weighted by Gasteiger charge is -2.21. The highest BCUT2D eigenvalue weighted by atomic mass is 35.5. The molecule has 60 valence electrons. The minimum absolute atomic E-state index is 0.143. The molecule has 10 heavy (non-hydrogen) atoms. The summed E-state index contributed by atoms with van der Waals surface area (Å²) in [6, 6.07) is 0. The van der Waals surface area contributed by atoms with Crippen molar-refractivity contribution in [3.8, 4) is 0 Å². The number of hydrogen-bond donors (Lipinski definition) is 0. The molecule has 0 aliphatic carbocycles. The second kappa shape index (κ2) is 5.09. The standard InChI is InChI=1S/C8H15ClS/c1-4-8(2,7-9)5-6-10-3/h4H,1,5-7H2,2-3H3. The number of thioether (sulfide) groups is 1. The van der Waals surface area contributed by atoms with Gasteiger partial charge in [0.25, 0.3) is 0 Å². The Morgan fingerprint density at radius 2 is 2.30 bits per heavy atom. The fourth-order valence-corrected chi connectivity index (χ4v) is 1.47. The van der Waals surface area contributed by atoms with Crippen molar-refractivity contribution in [1.29, 1.82) is 0 Å². The quantitative estimate of drug-likeness (QED) is 0.461. The molecule has 0 aromatic rings. The van der Waals surface area contributed by atoms with E-state index < -0.39 is 0 Å². The molecule has 0 aliphatic rings. The van der Waals surface area contributed by atoms with Crippen LogP contribution in [0.5, 0.6) is 0 Å². The van der Waals surface area contributed by atoms with Crippen LogP contribution in [0.3, 0.4) is 0 Å². The van der Waals surface area contributed by atoms with Crippen LogP contribution in [0.15, 0.2) is 12.7 Å². The molecule has 1 atom stereocenters. The summed E-state index contributed by atoms with van der Waals surface area (Å²) >= 11 is 7.62. The molecular weight excluding hydrogens is 164 g/mol. The summed E-state index contributed by atoms with van der Waals surface area (Å²) in [7, 11) is 0. The first-order valence-corrected chi connectivity index (χ1v) is 5.30. The Morgan fingerprint density at radius 3 is 2.60 bits per heavy atom. The first kappa shape index (κ1) is 10.4. The molecule has 0 saturated heterocycles. The fourth-order valence-electron chi connectivity index (χ4n) is 0.559. The van der Waals surface area contributed by atoms with Gasteiger partial charge >= 0.3 is 0 Å². The minimum Gasteiger partial charge on any atom is -0.165 e. The zero-order valence-electron chi connectivity index (χ0n) is 6.69. The normalized spacial score (nSPS) is 16.3. The fraction of sp³-hybridized carbons (Fsp3) is 0.750. The third-order valence-corrected chi connectivity index (χ3v) is 2.90. The number of hydrogen-bond acceptors (Lipinski definition) is 1. The van der Waals surface area contributed by atoms with E-state index in [1.807, 2.05) is 17.8 Å². The van der Waals surface area contributed by atoms with Crippen LogP contribution in [-0.2, 0) is 0 Å². The first-order valence-electron chi connectivity index (χ1n) is 3.37. The summed E-state index contributed by atoms with van der Waals surface area (Å²) in [4.78, 5) is 0. The summed E-state index contributed by atoms with van der Waals surface area (Å²) in [6.07, 6.45) is 5.19. The molecule has 0 aromatic heterocycles. The van der Waals surface area contributed by atoms with Crippen molar-refractivity contribution in [1.82, 2.24) is 0 Å². The van der Waals surface area contributed by atoms with Gasteiger partial charge in [0.05, 0.1) is 0 Å². The number of rotatable bonds is 5. The topological polar surface area (TPSA) is 0 Å². The van der Waals surface area contributed by atoms with Gasteiger partial charge in [-0.25, -0.2) is 0 Å². The average Bonchev–Trinajstić information content (AvgIpc) is 2.00. The summed E-state index contributed by atoms with van der Waals surface area (Å²) < 4.78 is 0. The molecule has 0 radical (unpaired) electrons. The maximum absolute atomic E-state index is 5.76. The Bertz CT molecular complexity index is 103. The third kappa shape index (κ3) is 3.52. The Labute approximate surface area is 73.0 Å². The Balaban J connectivity index is 3.68. The Morgan fingerprint density at radius 1 is 1.70 bits per heavy atom. The van der Waals surface area contributed by atoms with Crippen molar-refractivity contribution in [3.05, 3.63) is 12.7 Å². The molecule has 0 aliphatic heterocycles. The maximum atomic E-state index is 5.76. The van der Waals surface area contributed by atoms with Gasteiger partial charge in [0, 0.05) is 5.88 Å². The van der Waals surface area contributed by atoms with Crippen molar-refractivity contribution in [2.24, 2.45) is 5.41 Å². The van der Waals surface area contributed by atoms with Gasteiger partial charge in [-0.1, -0.05) is 13.0 Å². The average molecular weight is 179 g/mol. The van der Waals surface area contributed by atoms with E-state index in [9.17, 15) is 0 Å². The molecule has 0 amide bonds. The van der Waals surface area contributed by atoms with Gasteiger partial charge in [0.2, 0.25) is 0 Å². The van der Waals surface area contributed by atoms with Gasteiger partial charge < -0.3 is 0 Å². The molecule has 0 aromatic carbocycles. The molecule has 0 spiro atoms. The van der Waals surface area contributed by atoms with Crippen LogP contribution in [0.2, 0.25) is 0 Å². The highest BCUT2D eigenvalue weighted by Gasteiger charge is 2.17. The molecule has 0 N–H and O–H groups in total. The van der Waals surface area contributed by atoms with Gasteiger partial charge in [-0.3, -0.25) is 0 Å². The van der Waals surface area contributed by atoms with E-state index in [0.717, 1.165) is 12.2 Å². The van der Waals surface area contributed by atoms with Crippen molar-refractivity contribution in [2.45, 2.75) is 13.3 Å². The van der Waals surface area contributed by atoms with Crippen LogP contribution in [0.1, 0.15) is 13.3 Å². The van der Waals surface area contributed by atoms with E-state index in [1.54, 1.807) is 0 Å². The monoisotopic (exact) mass is 178 g/mol. The number of allylic oxidation sites excluding steroid dienone is 1. The summed E-state index contributed by atoms with van der Waals surface area (Å²) in [5.74, 6) is 1.84. The molecule has 0 rings (SSSR count). The highest BCUT2D eigenvalue weighted by molar-refractivity contribution is 7.98. The first-order chi connectivity index (χ1) is 4.68. The lowest BCUT2D eigenvalue weighted by Crippen LogP contribution is -2.15. The van der Waals surface area contributed by atoms with Crippen LogP contribution in [0.25, 0.3) is 0 Å². The number of halogens is 1. The van der Waals surface area contributed by atoms with Crippen molar-refractivity contribution >= 4 is 23.4 Å². The predicted molar refractivity (Wildman–Crippen MR) is 52.0 cm³/mol. The van der Waals surface area contributed by atoms with Crippen molar-refractivity contribution < 1.29 is 0 Å². The smallest absolute Gasteiger partial charge is 0.0312 e. The van der Waals surface area contributed by atoms with Gasteiger partial charge in [0.1, 0.15) is 0 Å². The largest absolute Gasteiger partial charge is 0.165 e. The SMILES string of the molecule is C=CC(C)(CCl)CCSC. The van der Waals surface area contributed by atoms with E-state index in [4.69, 9.17) is 11.6 Å². The molecule has 0 nitrogen and oxygen atoms in total. The second-order valence-corrected chi connectivity index (χ2v) is 3.99. The van der Waals surface area contributed by atoms with Crippen molar-refractivity contribution in [3.63, 3.8) is 0 Å². The van der Waals surface area contributed by atoms with E-state index in [-0.39, 0.29) is 5.41 Å². The van der Waals surface area contributed by atoms with Crippen LogP contribution >= 0.6 is 23.4 Å². The minimum atomic E-state index is 0.143. The van der Waals surface area contributed by atoms with Crippen LogP contribution < -0.4 is 0 Å². The molecule has 1 unspecified atom stereocenters. The zero-order chi connectivity index (χ0) is 8.04. The van der Waals surface area contributed by atoms with E-state index in [1.165, 1.54) is 0 Å². The molecule has 0 heterocycles. The van der Waals surface area contributed by atoms with Crippen molar-refractivity contribution in [2.75, 3.05) is 17.9 Å². The van der Waals surface area contributed by atoms with Crippen LogP contribution in [0.4, 0.5) is 0 Å². The molecular formula is C8H15ClS. The lowest BCUT2D eigenvalue weighted by atomic mass is 9.90. The van der Waals surface area contributed by atoms with Gasteiger partial charge in [0.15, 0.2) is 0 Å². The van der Waals surface area contributed by atoms with Gasteiger partial charge in [-0.15, -0.1) is 18.2 Å². The van der Waals surface area contributed by atoms with Gasteiger partial charge in [-0.05, 0) is 23.8 Å². The summed E-state index contributed by atoms with van der Waals surface area (Å²) in [5.41, 5.74) is 0.143. The molecule has 0 fully saturated rings. The molecule has 0 bridgehead atoms.